The summed E-state index contributed by atoms with van der Waals surface area (Å²) in [6, 6.07) is 0.435. The molecule has 0 aromatic rings. The average molecular weight is 309 g/mol. The van der Waals surface area contributed by atoms with Crippen LogP contribution in [0.5, 0.6) is 0 Å². The fourth-order valence-corrected chi connectivity index (χ4v) is 3.89. The van der Waals surface area contributed by atoms with E-state index in [0.717, 1.165) is 32.1 Å². The van der Waals surface area contributed by atoms with Crippen molar-refractivity contribution in [1.82, 2.24) is 10.2 Å². The number of rotatable bonds is 6. The Morgan fingerprint density at radius 2 is 2.14 bits per heavy atom. The lowest BCUT2D eigenvalue weighted by Gasteiger charge is -2.32. The molecule has 2 rings (SSSR count). The van der Waals surface area contributed by atoms with Crippen molar-refractivity contribution in [3.8, 4) is 0 Å². The first-order valence-corrected chi connectivity index (χ1v) is 8.86. The average Bonchev–Trinajstić information content (AvgIpc) is 2.90. The Balaban J connectivity index is 1.89. The van der Waals surface area contributed by atoms with Gasteiger partial charge in [-0.15, -0.1) is 0 Å². The Kier molecular flexibility index (Phi) is 6.24. The van der Waals surface area contributed by atoms with Crippen molar-refractivity contribution in [2.24, 2.45) is 17.6 Å². The number of hydrogen-bond donors (Lipinski definition) is 2. The monoisotopic (exact) mass is 309 g/mol. The standard InChI is InChI=1S/C17H31N3O2/c1-3-6-12(2)20-11-14(9-16(20)21)17(22)19-15-8-5-4-7-13(15)10-18/h12-15H,3-11,18H2,1-2H3,(H,19,22). The van der Waals surface area contributed by atoms with Crippen LogP contribution in [0.25, 0.3) is 0 Å². The first-order chi connectivity index (χ1) is 10.6. The van der Waals surface area contributed by atoms with Crippen molar-refractivity contribution in [2.45, 2.75) is 70.9 Å². The molecule has 5 heteroatoms. The van der Waals surface area contributed by atoms with Crippen LogP contribution in [0.4, 0.5) is 0 Å². The Labute approximate surface area is 134 Å². The molecule has 5 nitrogen and oxygen atoms in total. The van der Waals surface area contributed by atoms with E-state index in [-0.39, 0.29) is 29.8 Å². The smallest absolute Gasteiger partial charge is 0.225 e. The Hall–Kier alpha value is -1.10. The van der Waals surface area contributed by atoms with E-state index < -0.39 is 0 Å². The predicted molar refractivity (Wildman–Crippen MR) is 87.1 cm³/mol. The first-order valence-electron chi connectivity index (χ1n) is 8.86. The molecule has 0 aromatic heterocycles. The number of hydrogen-bond acceptors (Lipinski definition) is 3. The summed E-state index contributed by atoms with van der Waals surface area (Å²) in [5.74, 6) is 0.377. The van der Waals surface area contributed by atoms with Crippen LogP contribution in [0, 0.1) is 11.8 Å². The molecule has 2 amide bonds. The highest BCUT2D eigenvalue weighted by Crippen LogP contribution is 2.26. The number of carbonyl (C=O) groups excluding carboxylic acids is 2. The summed E-state index contributed by atoms with van der Waals surface area (Å²) in [5.41, 5.74) is 5.83. The lowest BCUT2D eigenvalue weighted by atomic mass is 9.84. The number of carbonyl (C=O) groups is 2. The van der Waals surface area contributed by atoms with Gasteiger partial charge < -0.3 is 16.0 Å². The van der Waals surface area contributed by atoms with Crippen molar-refractivity contribution in [3.05, 3.63) is 0 Å². The van der Waals surface area contributed by atoms with Crippen molar-refractivity contribution >= 4 is 11.8 Å². The van der Waals surface area contributed by atoms with E-state index in [2.05, 4.69) is 19.2 Å². The van der Waals surface area contributed by atoms with Gasteiger partial charge in [-0.05, 0) is 38.6 Å². The molecule has 4 atom stereocenters. The summed E-state index contributed by atoms with van der Waals surface area (Å²) in [6.45, 7) is 5.41. The third kappa shape index (κ3) is 4.00. The van der Waals surface area contributed by atoms with Crippen LogP contribution in [-0.2, 0) is 9.59 Å². The fraction of sp³-hybridized carbons (Fsp3) is 0.882. The number of nitrogens with two attached hydrogens (primary N) is 1. The highest BCUT2D eigenvalue weighted by Gasteiger charge is 2.37. The van der Waals surface area contributed by atoms with Crippen LogP contribution in [0.3, 0.4) is 0 Å². The van der Waals surface area contributed by atoms with Crippen LogP contribution in [0.1, 0.15) is 58.8 Å². The van der Waals surface area contributed by atoms with Crippen molar-refractivity contribution in [1.29, 1.82) is 0 Å². The zero-order chi connectivity index (χ0) is 16.1. The van der Waals surface area contributed by atoms with E-state index >= 15 is 0 Å². The van der Waals surface area contributed by atoms with Gasteiger partial charge in [0.1, 0.15) is 0 Å². The van der Waals surface area contributed by atoms with Crippen LogP contribution < -0.4 is 11.1 Å². The second-order valence-corrected chi connectivity index (χ2v) is 6.98. The van der Waals surface area contributed by atoms with Gasteiger partial charge in [-0.3, -0.25) is 9.59 Å². The van der Waals surface area contributed by atoms with E-state index in [1.807, 2.05) is 4.90 Å². The molecule has 2 fully saturated rings. The summed E-state index contributed by atoms with van der Waals surface area (Å²) in [6.07, 6.45) is 6.90. The van der Waals surface area contributed by atoms with Gasteiger partial charge in [-0.1, -0.05) is 26.2 Å². The van der Waals surface area contributed by atoms with E-state index in [0.29, 0.717) is 25.4 Å². The van der Waals surface area contributed by atoms with Crippen LogP contribution in [0.15, 0.2) is 0 Å². The van der Waals surface area contributed by atoms with Gasteiger partial charge in [0.25, 0.3) is 0 Å². The van der Waals surface area contributed by atoms with E-state index in [1.54, 1.807) is 0 Å². The van der Waals surface area contributed by atoms with Gasteiger partial charge in [0.15, 0.2) is 0 Å². The van der Waals surface area contributed by atoms with Gasteiger partial charge in [0.05, 0.1) is 5.92 Å². The summed E-state index contributed by atoms with van der Waals surface area (Å²) < 4.78 is 0. The number of nitrogens with one attached hydrogen (secondary N) is 1. The SMILES string of the molecule is CCCC(C)N1CC(C(=O)NC2CCCCC2CN)CC1=O. The van der Waals surface area contributed by atoms with Gasteiger partial charge in [-0.25, -0.2) is 0 Å². The third-order valence-electron chi connectivity index (χ3n) is 5.31. The van der Waals surface area contributed by atoms with Crippen LogP contribution in [0.2, 0.25) is 0 Å². The van der Waals surface area contributed by atoms with Gasteiger partial charge in [0.2, 0.25) is 11.8 Å². The molecule has 0 radical (unpaired) electrons. The largest absolute Gasteiger partial charge is 0.353 e. The summed E-state index contributed by atoms with van der Waals surface area (Å²) in [5, 5.41) is 3.18. The summed E-state index contributed by atoms with van der Waals surface area (Å²) >= 11 is 0. The maximum absolute atomic E-state index is 12.5. The van der Waals surface area contributed by atoms with Crippen molar-refractivity contribution < 1.29 is 9.59 Å². The fourth-order valence-electron chi connectivity index (χ4n) is 3.89. The van der Waals surface area contributed by atoms with Crippen molar-refractivity contribution in [3.63, 3.8) is 0 Å². The molecule has 1 aliphatic carbocycles. The minimum atomic E-state index is -0.188. The minimum Gasteiger partial charge on any atom is -0.353 e. The van der Waals surface area contributed by atoms with Crippen LogP contribution in [-0.4, -0.2) is 41.9 Å². The van der Waals surface area contributed by atoms with Crippen molar-refractivity contribution in [2.75, 3.05) is 13.1 Å². The second-order valence-electron chi connectivity index (χ2n) is 6.98. The highest BCUT2D eigenvalue weighted by atomic mass is 16.2. The molecule has 0 bridgehead atoms. The maximum Gasteiger partial charge on any atom is 0.225 e. The normalized spacial score (nSPS) is 30.4. The molecule has 1 saturated carbocycles. The lowest BCUT2D eigenvalue weighted by Crippen LogP contribution is -2.47. The molecule has 22 heavy (non-hydrogen) atoms. The van der Waals surface area contributed by atoms with Crippen LogP contribution >= 0.6 is 0 Å². The van der Waals surface area contributed by atoms with E-state index in [1.165, 1.54) is 6.42 Å². The first kappa shape index (κ1) is 17.3. The molecule has 126 valence electrons. The number of amides is 2. The number of likely N-dealkylation sites (tertiary alicyclic amines) is 1. The summed E-state index contributed by atoms with van der Waals surface area (Å²) in [4.78, 5) is 26.5. The molecule has 1 saturated heterocycles. The topological polar surface area (TPSA) is 75.4 Å². The minimum absolute atomic E-state index is 0.0462. The molecule has 1 aliphatic heterocycles. The van der Waals surface area contributed by atoms with Gasteiger partial charge >= 0.3 is 0 Å². The molecule has 0 spiro atoms. The molecular formula is C17H31N3O2. The van der Waals surface area contributed by atoms with Gasteiger partial charge in [-0.2, -0.15) is 0 Å². The maximum atomic E-state index is 12.5. The molecular weight excluding hydrogens is 278 g/mol. The molecule has 1 heterocycles. The third-order valence-corrected chi connectivity index (χ3v) is 5.31. The van der Waals surface area contributed by atoms with E-state index in [4.69, 9.17) is 5.73 Å². The number of nitrogens with zero attached hydrogens (tertiary/aromatic N) is 1. The van der Waals surface area contributed by atoms with E-state index in [9.17, 15) is 9.59 Å². The molecule has 0 aromatic carbocycles. The Morgan fingerprint density at radius 3 is 2.82 bits per heavy atom. The second kappa shape index (κ2) is 7.95. The zero-order valence-electron chi connectivity index (χ0n) is 14.0. The molecule has 2 aliphatic rings. The molecule has 3 N–H and O–H groups in total. The zero-order valence-corrected chi connectivity index (χ0v) is 14.0. The Morgan fingerprint density at radius 1 is 1.41 bits per heavy atom. The van der Waals surface area contributed by atoms with Gasteiger partial charge in [0, 0.05) is 25.0 Å². The Bertz CT molecular complexity index is 399. The highest BCUT2D eigenvalue weighted by molar-refractivity contribution is 5.89. The molecule has 4 unspecified atom stereocenters. The summed E-state index contributed by atoms with van der Waals surface area (Å²) in [7, 11) is 0. The lowest BCUT2D eigenvalue weighted by molar-refractivity contribution is -0.130. The quantitative estimate of drug-likeness (QED) is 0.783. The predicted octanol–water partition coefficient (Wildman–Crippen LogP) is 1.66.